The van der Waals surface area contributed by atoms with Crippen molar-refractivity contribution in [2.24, 2.45) is 0 Å². The molecule has 2 unspecified atom stereocenters. The Balaban J connectivity index is 1.61. The summed E-state index contributed by atoms with van der Waals surface area (Å²) >= 11 is 0. The Morgan fingerprint density at radius 3 is 2.67 bits per heavy atom. The zero-order valence-corrected chi connectivity index (χ0v) is 9.32. The second-order valence-corrected chi connectivity index (χ2v) is 5.27. The molecule has 0 saturated carbocycles. The van der Waals surface area contributed by atoms with Crippen LogP contribution < -0.4 is 0 Å². The Labute approximate surface area is 91.4 Å². The first-order valence-corrected chi connectivity index (χ1v) is 6.33. The number of likely N-dealkylation sites (tertiary alicyclic amines) is 1. The van der Waals surface area contributed by atoms with Gasteiger partial charge in [0.1, 0.15) is 5.78 Å². The molecule has 3 nitrogen and oxygen atoms in total. The molecule has 3 aliphatic heterocycles. The van der Waals surface area contributed by atoms with Crippen LogP contribution in [0.1, 0.15) is 32.1 Å². The lowest BCUT2D eigenvalue weighted by molar-refractivity contribution is -0.117. The molecule has 3 rings (SSSR count). The van der Waals surface area contributed by atoms with Crippen LogP contribution >= 0.6 is 0 Å². The molecule has 0 spiro atoms. The van der Waals surface area contributed by atoms with Crippen LogP contribution in [0.25, 0.3) is 0 Å². The molecule has 84 valence electrons. The minimum atomic E-state index is 0.448. The van der Waals surface area contributed by atoms with E-state index in [1.165, 1.54) is 38.8 Å². The average molecular weight is 208 g/mol. The number of carbonyl (C=O) groups is 1. The Morgan fingerprint density at radius 2 is 1.87 bits per heavy atom. The van der Waals surface area contributed by atoms with E-state index in [0.717, 1.165) is 25.6 Å². The third kappa shape index (κ3) is 1.83. The molecule has 0 aliphatic carbocycles. The summed E-state index contributed by atoms with van der Waals surface area (Å²) in [6, 6.07) is 1.54. The van der Waals surface area contributed by atoms with Gasteiger partial charge in [-0.1, -0.05) is 0 Å². The van der Waals surface area contributed by atoms with E-state index in [2.05, 4.69) is 9.80 Å². The molecule has 3 fully saturated rings. The van der Waals surface area contributed by atoms with E-state index in [4.69, 9.17) is 0 Å². The van der Waals surface area contributed by atoms with Gasteiger partial charge in [-0.15, -0.1) is 0 Å². The van der Waals surface area contributed by atoms with Gasteiger partial charge in [-0.2, -0.15) is 0 Å². The number of ketones is 1. The van der Waals surface area contributed by atoms with Gasteiger partial charge < -0.3 is 4.90 Å². The molecule has 0 radical (unpaired) electrons. The summed E-state index contributed by atoms with van der Waals surface area (Å²) in [5, 5.41) is 0. The number of hydrogen-bond donors (Lipinski definition) is 0. The largest absolute Gasteiger partial charge is 0.300 e. The fourth-order valence-corrected chi connectivity index (χ4v) is 3.50. The van der Waals surface area contributed by atoms with Crippen molar-refractivity contribution in [3.05, 3.63) is 0 Å². The van der Waals surface area contributed by atoms with Crippen LogP contribution in [0.3, 0.4) is 0 Å². The highest BCUT2D eigenvalue weighted by Gasteiger charge is 2.35. The molecule has 3 heteroatoms. The van der Waals surface area contributed by atoms with Crippen LogP contribution in [-0.4, -0.2) is 53.8 Å². The zero-order chi connectivity index (χ0) is 10.3. The van der Waals surface area contributed by atoms with Crippen molar-refractivity contribution in [1.82, 2.24) is 9.80 Å². The maximum atomic E-state index is 11.3. The highest BCUT2D eigenvalue weighted by Crippen LogP contribution is 2.30. The molecule has 2 atom stereocenters. The van der Waals surface area contributed by atoms with Crippen molar-refractivity contribution in [1.29, 1.82) is 0 Å². The monoisotopic (exact) mass is 208 g/mol. The quantitative estimate of drug-likeness (QED) is 0.639. The van der Waals surface area contributed by atoms with Crippen molar-refractivity contribution in [2.75, 3.05) is 26.2 Å². The van der Waals surface area contributed by atoms with Crippen LogP contribution in [0.5, 0.6) is 0 Å². The van der Waals surface area contributed by atoms with Gasteiger partial charge in [0.25, 0.3) is 0 Å². The predicted octanol–water partition coefficient (Wildman–Crippen LogP) is 0.888. The van der Waals surface area contributed by atoms with Crippen molar-refractivity contribution in [3.63, 3.8) is 0 Å². The van der Waals surface area contributed by atoms with Gasteiger partial charge in [-0.05, 0) is 38.8 Å². The third-order valence-corrected chi connectivity index (χ3v) is 4.37. The minimum absolute atomic E-state index is 0.448. The third-order valence-electron chi connectivity index (χ3n) is 4.37. The van der Waals surface area contributed by atoms with Crippen LogP contribution in [0, 0.1) is 0 Å². The van der Waals surface area contributed by atoms with Crippen molar-refractivity contribution in [2.45, 2.75) is 44.2 Å². The summed E-state index contributed by atoms with van der Waals surface area (Å²) in [6.45, 7) is 4.34. The normalized spacial score (nSPS) is 38.5. The molecule has 0 bridgehead atoms. The SMILES string of the molecule is O=C1CCN(C2CCN3CCCC3C2)C1. The number of Topliss-reactive ketones (excluding diaryl/α,β-unsaturated/α-hetero) is 1. The molecule has 3 saturated heterocycles. The molecule has 0 aromatic heterocycles. The molecular formula is C12H20N2O. The first kappa shape index (κ1) is 9.79. The number of rotatable bonds is 1. The second-order valence-electron chi connectivity index (χ2n) is 5.27. The van der Waals surface area contributed by atoms with Crippen LogP contribution in [0.2, 0.25) is 0 Å². The van der Waals surface area contributed by atoms with Gasteiger partial charge in [0.2, 0.25) is 0 Å². The maximum Gasteiger partial charge on any atom is 0.148 e. The number of fused-ring (bicyclic) bond motifs is 1. The van der Waals surface area contributed by atoms with E-state index in [-0.39, 0.29) is 0 Å². The lowest BCUT2D eigenvalue weighted by Gasteiger charge is -2.38. The molecule has 0 amide bonds. The standard InChI is InChI=1S/C12H20N2O/c15-12-4-7-14(9-12)11-3-6-13-5-1-2-10(13)8-11/h10-11H,1-9H2. The number of carbonyl (C=O) groups excluding carboxylic acids is 1. The molecule has 3 heterocycles. The molecule has 0 aromatic rings. The predicted molar refractivity (Wildman–Crippen MR) is 58.8 cm³/mol. The number of hydrogen-bond acceptors (Lipinski definition) is 3. The topological polar surface area (TPSA) is 23.6 Å². The van der Waals surface area contributed by atoms with Crippen molar-refractivity contribution in [3.8, 4) is 0 Å². The van der Waals surface area contributed by atoms with Gasteiger partial charge in [-0.25, -0.2) is 0 Å². The first-order chi connectivity index (χ1) is 7.33. The smallest absolute Gasteiger partial charge is 0.148 e. The van der Waals surface area contributed by atoms with E-state index < -0.39 is 0 Å². The van der Waals surface area contributed by atoms with E-state index in [0.29, 0.717) is 11.8 Å². The van der Waals surface area contributed by atoms with Crippen LogP contribution in [0.15, 0.2) is 0 Å². The lowest BCUT2D eigenvalue weighted by Crippen LogP contribution is -2.46. The Bertz CT molecular complexity index is 266. The van der Waals surface area contributed by atoms with E-state index >= 15 is 0 Å². The summed E-state index contributed by atoms with van der Waals surface area (Å²) in [5.41, 5.74) is 0. The molecular weight excluding hydrogens is 188 g/mol. The summed E-state index contributed by atoms with van der Waals surface area (Å²) in [4.78, 5) is 16.3. The fraction of sp³-hybridized carbons (Fsp3) is 0.917. The van der Waals surface area contributed by atoms with E-state index in [9.17, 15) is 4.79 Å². The maximum absolute atomic E-state index is 11.3. The van der Waals surface area contributed by atoms with Gasteiger partial charge in [0, 0.05) is 25.0 Å². The summed E-state index contributed by atoms with van der Waals surface area (Å²) < 4.78 is 0. The first-order valence-electron chi connectivity index (χ1n) is 6.33. The highest BCUT2D eigenvalue weighted by molar-refractivity contribution is 5.82. The minimum Gasteiger partial charge on any atom is -0.300 e. The van der Waals surface area contributed by atoms with E-state index in [1.807, 2.05) is 0 Å². The highest BCUT2D eigenvalue weighted by atomic mass is 16.1. The zero-order valence-electron chi connectivity index (χ0n) is 9.32. The fourth-order valence-electron chi connectivity index (χ4n) is 3.50. The second kappa shape index (κ2) is 3.87. The Hall–Kier alpha value is -0.410. The summed E-state index contributed by atoms with van der Waals surface area (Å²) in [7, 11) is 0. The van der Waals surface area contributed by atoms with Crippen LogP contribution in [0.4, 0.5) is 0 Å². The van der Waals surface area contributed by atoms with E-state index in [1.54, 1.807) is 0 Å². The van der Waals surface area contributed by atoms with Crippen LogP contribution in [-0.2, 0) is 4.79 Å². The van der Waals surface area contributed by atoms with Gasteiger partial charge in [0.05, 0.1) is 6.54 Å². The van der Waals surface area contributed by atoms with Crippen molar-refractivity contribution < 1.29 is 4.79 Å². The van der Waals surface area contributed by atoms with Crippen molar-refractivity contribution >= 4 is 5.78 Å². The summed E-state index contributed by atoms with van der Waals surface area (Å²) in [6.07, 6.45) is 6.16. The number of piperidine rings is 1. The lowest BCUT2D eigenvalue weighted by atomic mass is 9.96. The van der Waals surface area contributed by atoms with Gasteiger partial charge in [0.15, 0.2) is 0 Å². The molecule has 3 aliphatic rings. The molecule has 15 heavy (non-hydrogen) atoms. The number of nitrogens with zero attached hydrogens (tertiary/aromatic N) is 2. The Kier molecular flexibility index (Phi) is 2.53. The van der Waals surface area contributed by atoms with Gasteiger partial charge in [-0.3, -0.25) is 9.69 Å². The van der Waals surface area contributed by atoms with Gasteiger partial charge >= 0.3 is 0 Å². The Morgan fingerprint density at radius 1 is 1.00 bits per heavy atom. The summed E-state index contributed by atoms with van der Waals surface area (Å²) in [5.74, 6) is 0.448. The molecule has 0 N–H and O–H groups in total. The molecule has 0 aromatic carbocycles. The average Bonchev–Trinajstić information content (AvgIpc) is 2.84.